The topological polar surface area (TPSA) is 80.4 Å². The summed E-state index contributed by atoms with van der Waals surface area (Å²) in [6.07, 6.45) is 5.24. The highest BCUT2D eigenvalue weighted by Gasteiger charge is 2.23. The van der Waals surface area contributed by atoms with E-state index in [9.17, 15) is 4.79 Å². The second kappa shape index (κ2) is 7.56. The Morgan fingerprint density at radius 3 is 2.57 bits per heavy atom. The van der Waals surface area contributed by atoms with Gasteiger partial charge in [0.15, 0.2) is 5.82 Å². The van der Waals surface area contributed by atoms with Crippen molar-refractivity contribution in [1.82, 2.24) is 24.4 Å². The second-order valence-corrected chi connectivity index (χ2v) is 8.53. The van der Waals surface area contributed by atoms with E-state index in [0.29, 0.717) is 11.5 Å². The standard InChI is InChI=1S/C21H23N7OS/c1-14-6-8-15(9-7-14)17-18(24-19(29)16-10-11-22-26(16)2)28-20(23-17)30-21(25-28)27-12-4-3-5-13-27/h6-11H,3-5,12-13H2,1-2H3,(H,24,29). The molecule has 9 heteroatoms. The van der Waals surface area contributed by atoms with Crippen molar-refractivity contribution in [1.29, 1.82) is 0 Å². The first kappa shape index (κ1) is 18.8. The summed E-state index contributed by atoms with van der Waals surface area (Å²) >= 11 is 1.56. The maximum absolute atomic E-state index is 12.9. The van der Waals surface area contributed by atoms with Gasteiger partial charge in [0, 0.05) is 31.9 Å². The summed E-state index contributed by atoms with van der Waals surface area (Å²) in [6.45, 7) is 4.07. The highest BCUT2D eigenvalue weighted by atomic mass is 32.1. The molecule has 4 heterocycles. The highest BCUT2D eigenvalue weighted by molar-refractivity contribution is 7.20. The number of amides is 1. The lowest BCUT2D eigenvalue weighted by atomic mass is 10.1. The lowest BCUT2D eigenvalue weighted by Gasteiger charge is -2.25. The lowest BCUT2D eigenvalue weighted by molar-refractivity contribution is 0.101. The van der Waals surface area contributed by atoms with E-state index in [1.165, 1.54) is 24.8 Å². The lowest BCUT2D eigenvalue weighted by Crippen LogP contribution is -2.29. The zero-order valence-corrected chi connectivity index (χ0v) is 17.8. The van der Waals surface area contributed by atoms with Gasteiger partial charge in [0.05, 0.1) is 0 Å². The van der Waals surface area contributed by atoms with Crippen LogP contribution < -0.4 is 10.2 Å². The molecule has 0 unspecified atom stereocenters. The molecule has 1 aromatic carbocycles. The molecule has 30 heavy (non-hydrogen) atoms. The van der Waals surface area contributed by atoms with E-state index >= 15 is 0 Å². The molecule has 1 saturated heterocycles. The van der Waals surface area contributed by atoms with Crippen molar-refractivity contribution in [3.05, 3.63) is 47.8 Å². The van der Waals surface area contributed by atoms with Gasteiger partial charge in [-0.05, 0) is 32.3 Å². The first-order valence-corrected chi connectivity index (χ1v) is 10.9. The minimum absolute atomic E-state index is 0.238. The molecule has 3 aromatic heterocycles. The average Bonchev–Trinajstić information content (AvgIpc) is 3.45. The summed E-state index contributed by atoms with van der Waals surface area (Å²) in [7, 11) is 1.75. The number of fused-ring (bicyclic) bond motifs is 1. The molecule has 0 radical (unpaired) electrons. The molecule has 1 amide bonds. The first-order chi connectivity index (χ1) is 14.6. The van der Waals surface area contributed by atoms with E-state index in [1.54, 1.807) is 39.8 Å². The maximum atomic E-state index is 12.9. The second-order valence-electron chi connectivity index (χ2n) is 7.60. The number of piperidine rings is 1. The van der Waals surface area contributed by atoms with Crippen molar-refractivity contribution in [2.75, 3.05) is 23.3 Å². The molecule has 1 aliphatic heterocycles. The zero-order chi connectivity index (χ0) is 20.7. The quantitative estimate of drug-likeness (QED) is 0.543. The minimum atomic E-state index is -0.238. The first-order valence-electron chi connectivity index (χ1n) is 10.1. The number of nitrogens with one attached hydrogen (secondary N) is 1. The zero-order valence-electron chi connectivity index (χ0n) is 17.0. The van der Waals surface area contributed by atoms with E-state index < -0.39 is 0 Å². The molecule has 0 saturated carbocycles. The number of carbonyl (C=O) groups is 1. The van der Waals surface area contributed by atoms with Gasteiger partial charge in [0.1, 0.15) is 11.4 Å². The largest absolute Gasteiger partial charge is 0.347 e. The third kappa shape index (κ3) is 3.35. The van der Waals surface area contributed by atoms with Crippen LogP contribution >= 0.6 is 11.3 Å². The summed E-state index contributed by atoms with van der Waals surface area (Å²) < 4.78 is 3.32. The van der Waals surface area contributed by atoms with E-state index in [2.05, 4.69) is 15.3 Å². The van der Waals surface area contributed by atoms with Crippen LogP contribution in [0.15, 0.2) is 36.5 Å². The van der Waals surface area contributed by atoms with Crippen LogP contribution in [0.3, 0.4) is 0 Å². The fourth-order valence-corrected chi connectivity index (χ4v) is 4.70. The molecule has 0 atom stereocenters. The number of hydrogen-bond acceptors (Lipinski definition) is 6. The summed E-state index contributed by atoms with van der Waals surface area (Å²) in [6, 6.07) is 9.82. The van der Waals surface area contributed by atoms with Crippen molar-refractivity contribution in [2.24, 2.45) is 7.05 Å². The van der Waals surface area contributed by atoms with Crippen LogP contribution in [0.25, 0.3) is 16.2 Å². The number of benzene rings is 1. The van der Waals surface area contributed by atoms with E-state index in [1.807, 2.05) is 31.2 Å². The van der Waals surface area contributed by atoms with Crippen LogP contribution in [-0.2, 0) is 7.05 Å². The van der Waals surface area contributed by atoms with Crippen molar-refractivity contribution in [2.45, 2.75) is 26.2 Å². The number of aryl methyl sites for hydroxylation is 2. The Bertz CT molecular complexity index is 1200. The number of imidazole rings is 1. The van der Waals surface area contributed by atoms with Crippen molar-refractivity contribution in [3.63, 3.8) is 0 Å². The molecule has 8 nitrogen and oxygen atoms in total. The van der Waals surface area contributed by atoms with Gasteiger partial charge in [0.2, 0.25) is 10.1 Å². The maximum Gasteiger partial charge on any atom is 0.275 e. The molecule has 1 fully saturated rings. The molecule has 1 N–H and O–H groups in total. The number of hydrogen-bond donors (Lipinski definition) is 1. The van der Waals surface area contributed by atoms with Gasteiger partial charge < -0.3 is 10.2 Å². The Kier molecular flexibility index (Phi) is 4.74. The number of aromatic nitrogens is 5. The number of nitrogens with zero attached hydrogens (tertiary/aromatic N) is 6. The van der Waals surface area contributed by atoms with Gasteiger partial charge in [-0.1, -0.05) is 41.2 Å². The van der Waals surface area contributed by atoms with Crippen molar-refractivity contribution in [3.8, 4) is 11.3 Å². The average molecular weight is 422 g/mol. The van der Waals surface area contributed by atoms with Crippen LogP contribution in [0, 0.1) is 6.92 Å². The molecular weight excluding hydrogens is 398 g/mol. The van der Waals surface area contributed by atoms with Gasteiger partial charge in [-0.2, -0.15) is 9.61 Å². The van der Waals surface area contributed by atoms with Gasteiger partial charge in [-0.3, -0.25) is 9.48 Å². The van der Waals surface area contributed by atoms with Gasteiger partial charge in [-0.25, -0.2) is 4.98 Å². The molecule has 1 aliphatic rings. The predicted molar refractivity (Wildman–Crippen MR) is 118 cm³/mol. The summed E-state index contributed by atoms with van der Waals surface area (Å²) in [5, 5.41) is 12.9. The van der Waals surface area contributed by atoms with E-state index in [0.717, 1.165) is 34.4 Å². The monoisotopic (exact) mass is 421 g/mol. The molecule has 5 rings (SSSR count). The predicted octanol–water partition coefficient (Wildman–Crippen LogP) is 3.74. The third-order valence-corrected chi connectivity index (χ3v) is 6.40. The SMILES string of the molecule is Cc1ccc(-c2nc3sc(N4CCCCC4)nn3c2NC(=O)c2ccnn2C)cc1. The molecular formula is C21H23N7OS. The Morgan fingerprint density at radius 1 is 1.10 bits per heavy atom. The van der Waals surface area contributed by atoms with Crippen LogP contribution in [0.4, 0.5) is 10.9 Å². The summed E-state index contributed by atoms with van der Waals surface area (Å²) in [4.78, 5) is 20.9. The fourth-order valence-electron chi connectivity index (χ4n) is 3.74. The fraction of sp³-hybridized carbons (Fsp3) is 0.333. The molecule has 154 valence electrons. The third-order valence-electron chi connectivity index (χ3n) is 5.43. The Hall–Kier alpha value is -3.20. The Labute approximate surface area is 178 Å². The molecule has 4 aromatic rings. The van der Waals surface area contributed by atoms with Crippen LogP contribution in [0.5, 0.6) is 0 Å². The van der Waals surface area contributed by atoms with Crippen LogP contribution in [0.1, 0.15) is 35.3 Å². The van der Waals surface area contributed by atoms with E-state index in [-0.39, 0.29) is 5.91 Å². The summed E-state index contributed by atoms with van der Waals surface area (Å²) in [5.74, 6) is 0.345. The molecule has 0 bridgehead atoms. The number of rotatable bonds is 4. The van der Waals surface area contributed by atoms with Crippen molar-refractivity contribution >= 4 is 33.2 Å². The van der Waals surface area contributed by atoms with Gasteiger partial charge in [-0.15, -0.1) is 5.10 Å². The Balaban J connectivity index is 1.58. The normalized spacial score (nSPS) is 14.4. The Morgan fingerprint density at radius 2 is 1.87 bits per heavy atom. The number of carbonyl (C=O) groups excluding carboxylic acids is 1. The van der Waals surface area contributed by atoms with Gasteiger partial charge >= 0.3 is 0 Å². The minimum Gasteiger partial charge on any atom is -0.347 e. The molecule has 0 aliphatic carbocycles. The van der Waals surface area contributed by atoms with Gasteiger partial charge in [0.25, 0.3) is 5.91 Å². The van der Waals surface area contributed by atoms with Crippen molar-refractivity contribution < 1.29 is 4.79 Å². The van der Waals surface area contributed by atoms with Crippen LogP contribution in [0.2, 0.25) is 0 Å². The van der Waals surface area contributed by atoms with Crippen LogP contribution in [-0.4, -0.2) is 43.4 Å². The number of anilines is 2. The summed E-state index contributed by atoms with van der Waals surface area (Å²) in [5.41, 5.74) is 3.31. The highest BCUT2D eigenvalue weighted by Crippen LogP contribution is 2.34. The molecule has 0 spiro atoms. The van der Waals surface area contributed by atoms with E-state index in [4.69, 9.17) is 10.1 Å². The smallest absolute Gasteiger partial charge is 0.275 e.